The minimum Gasteiger partial charge on any atom is -0.494 e. The van der Waals surface area contributed by atoms with Gasteiger partial charge >= 0.3 is 0 Å². The topological polar surface area (TPSA) is 49.7 Å². The first-order chi connectivity index (χ1) is 8.21. The van der Waals surface area contributed by atoms with E-state index in [0.717, 1.165) is 12.2 Å². The van der Waals surface area contributed by atoms with Gasteiger partial charge < -0.3 is 14.9 Å². The number of rotatable bonds is 7. The first-order valence-electron chi connectivity index (χ1n) is 6.22. The summed E-state index contributed by atoms with van der Waals surface area (Å²) in [6.07, 6.45) is 0.915. The third-order valence-corrected chi connectivity index (χ3v) is 2.92. The van der Waals surface area contributed by atoms with Gasteiger partial charge in [0.15, 0.2) is 0 Å². The molecule has 2 unspecified atom stereocenters. The predicted molar refractivity (Wildman–Crippen MR) is 68.4 cm³/mol. The highest BCUT2D eigenvalue weighted by atomic mass is 16.5. The van der Waals surface area contributed by atoms with Crippen LogP contribution >= 0.6 is 0 Å². The minimum absolute atomic E-state index is 0.173. The van der Waals surface area contributed by atoms with Crippen molar-refractivity contribution in [1.82, 2.24) is 0 Å². The van der Waals surface area contributed by atoms with E-state index >= 15 is 0 Å². The van der Waals surface area contributed by atoms with E-state index in [2.05, 4.69) is 6.92 Å². The zero-order chi connectivity index (χ0) is 12.7. The zero-order valence-corrected chi connectivity index (χ0v) is 10.6. The Morgan fingerprint density at radius 3 is 2.29 bits per heavy atom. The maximum absolute atomic E-state index is 9.48. The molecule has 0 amide bonds. The molecular formula is C14H22O3. The molecule has 1 rings (SSSR count). The molecule has 0 heterocycles. The van der Waals surface area contributed by atoms with Crippen LogP contribution in [0, 0.1) is 0 Å². The lowest BCUT2D eigenvalue weighted by Gasteiger charge is -2.18. The van der Waals surface area contributed by atoms with Crippen molar-refractivity contribution >= 4 is 0 Å². The third-order valence-electron chi connectivity index (χ3n) is 2.92. The molecule has 0 saturated heterocycles. The molecule has 0 spiro atoms. The molecule has 1 aromatic rings. The van der Waals surface area contributed by atoms with Gasteiger partial charge in [0, 0.05) is 0 Å². The molecule has 3 heteroatoms. The van der Waals surface area contributed by atoms with E-state index < -0.39 is 6.10 Å². The number of ether oxygens (including phenoxy) is 1. The van der Waals surface area contributed by atoms with Gasteiger partial charge in [-0.25, -0.2) is 0 Å². The van der Waals surface area contributed by atoms with Gasteiger partial charge in [-0.3, -0.25) is 0 Å². The highest BCUT2D eigenvalue weighted by Crippen LogP contribution is 2.26. The molecule has 0 bridgehead atoms. The Hall–Kier alpha value is -1.06. The Balaban J connectivity index is 2.68. The number of aliphatic hydroxyl groups is 2. The molecule has 3 nitrogen and oxygen atoms in total. The largest absolute Gasteiger partial charge is 0.494 e. The first kappa shape index (κ1) is 14.0. The van der Waals surface area contributed by atoms with Gasteiger partial charge in [0.05, 0.1) is 19.3 Å². The standard InChI is InChI=1S/C14H22O3/c1-3-11(9-13(16)10-15)12-5-7-14(8-6-12)17-4-2/h5-8,11,13,15-16H,3-4,9-10H2,1-2H3. The molecule has 0 aromatic heterocycles. The highest BCUT2D eigenvalue weighted by Gasteiger charge is 2.14. The molecule has 0 saturated carbocycles. The van der Waals surface area contributed by atoms with Crippen molar-refractivity contribution in [3.8, 4) is 5.75 Å². The molecule has 0 aliphatic heterocycles. The summed E-state index contributed by atoms with van der Waals surface area (Å²) in [5.41, 5.74) is 1.18. The van der Waals surface area contributed by atoms with Gasteiger partial charge in [0.25, 0.3) is 0 Å². The molecule has 0 radical (unpaired) electrons. The molecule has 0 aliphatic carbocycles. The number of hydrogen-bond donors (Lipinski definition) is 2. The van der Waals surface area contributed by atoms with Gasteiger partial charge in [-0.1, -0.05) is 19.1 Å². The Morgan fingerprint density at radius 1 is 1.18 bits per heavy atom. The molecule has 0 fully saturated rings. The van der Waals surface area contributed by atoms with Crippen LogP contribution in [0.25, 0.3) is 0 Å². The van der Waals surface area contributed by atoms with E-state index in [1.807, 2.05) is 31.2 Å². The fourth-order valence-electron chi connectivity index (χ4n) is 1.94. The van der Waals surface area contributed by atoms with Crippen LogP contribution in [0.5, 0.6) is 5.75 Å². The molecule has 2 atom stereocenters. The summed E-state index contributed by atoms with van der Waals surface area (Å²) in [4.78, 5) is 0. The van der Waals surface area contributed by atoms with Crippen LogP contribution in [-0.2, 0) is 0 Å². The van der Waals surface area contributed by atoms with Crippen LogP contribution in [0.3, 0.4) is 0 Å². The van der Waals surface area contributed by atoms with Crippen molar-refractivity contribution in [2.75, 3.05) is 13.2 Å². The quantitative estimate of drug-likeness (QED) is 0.766. The fraction of sp³-hybridized carbons (Fsp3) is 0.571. The van der Waals surface area contributed by atoms with Crippen LogP contribution in [0.15, 0.2) is 24.3 Å². The van der Waals surface area contributed by atoms with Gasteiger partial charge in [0.1, 0.15) is 5.75 Å². The lowest BCUT2D eigenvalue weighted by molar-refractivity contribution is 0.0817. The molecule has 2 N–H and O–H groups in total. The maximum Gasteiger partial charge on any atom is 0.119 e. The smallest absolute Gasteiger partial charge is 0.119 e. The predicted octanol–water partition coefficient (Wildman–Crippen LogP) is 2.32. The molecule has 0 aliphatic rings. The van der Waals surface area contributed by atoms with Gasteiger partial charge in [0.2, 0.25) is 0 Å². The van der Waals surface area contributed by atoms with Crippen molar-refractivity contribution in [3.63, 3.8) is 0 Å². The fourth-order valence-corrected chi connectivity index (χ4v) is 1.94. The van der Waals surface area contributed by atoms with Crippen molar-refractivity contribution in [2.45, 2.75) is 38.7 Å². The van der Waals surface area contributed by atoms with Crippen molar-refractivity contribution < 1.29 is 14.9 Å². The molecular weight excluding hydrogens is 216 g/mol. The lowest BCUT2D eigenvalue weighted by Crippen LogP contribution is -2.16. The summed E-state index contributed by atoms with van der Waals surface area (Å²) in [7, 11) is 0. The molecule has 96 valence electrons. The Kier molecular flexibility index (Phi) is 6.01. The third kappa shape index (κ3) is 4.36. The van der Waals surface area contributed by atoms with Gasteiger partial charge in [-0.15, -0.1) is 0 Å². The average molecular weight is 238 g/mol. The summed E-state index contributed by atoms with van der Waals surface area (Å²) >= 11 is 0. The minimum atomic E-state index is -0.633. The van der Waals surface area contributed by atoms with Gasteiger partial charge in [-0.2, -0.15) is 0 Å². The summed E-state index contributed by atoms with van der Waals surface area (Å²) < 4.78 is 5.39. The van der Waals surface area contributed by atoms with Crippen LogP contribution < -0.4 is 4.74 Å². The zero-order valence-electron chi connectivity index (χ0n) is 10.6. The van der Waals surface area contributed by atoms with E-state index in [1.165, 1.54) is 5.56 Å². The van der Waals surface area contributed by atoms with Crippen molar-refractivity contribution in [1.29, 1.82) is 0 Å². The summed E-state index contributed by atoms with van der Waals surface area (Å²) in [6, 6.07) is 7.96. The van der Waals surface area contributed by atoms with E-state index in [9.17, 15) is 5.11 Å². The first-order valence-corrected chi connectivity index (χ1v) is 6.22. The number of aliphatic hydroxyl groups excluding tert-OH is 2. The average Bonchev–Trinajstić information content (AvgIpc) is 2.37. The lowest BCUT2D eigenvalue weighted by atomic mass is 9.91. The number of benzene rings is 1. The normalized spacial score (nSPS) is 14.4. The highest BCUT2D eigenvalue weighted by molar-refractivity contribution is 5.29. The van der Waals surface area contributed by atoms with Crippen LogP contribution in [0.1, 0.15) is 38.2 Å². The summed E-state index contributed by atoms with van der Waals surface area (Å²) in [5, 5.41) is 18.4. The molecule has 1 aromatic carbocycles. The van der Waals surface area contributed by atoms with E-state index in [0.29, 0.717) is 13.0 Å². The monoisotopic (exact) mass is 238 g/mol. The Morgan fingerprint density at radius 2 is 1.82 bits per heavy atom. The van der Waals surface area contributed by atoms with E-state index in [1.54, 1.807) is 0 Å². The van der Waals surface area contributed by atoms with E-state index in [4.69, 9.17) is 9.84 Å². The second-order valence-corrected chi connectivity index (χ2v) is 4.18. The van der Waals surface area contributed by atoms with Gasteiger partial charge in [-0.05, 0) is 43.4 Å². The number of hydrogen-bond acceptors (Lipinski definition) is 3. The summed E-state index contributed by atoms with van der Waals surface area (Å²) in [6.45, 7) is 4.54. The molecule has 17 heavy (non-hydrogen) atoms. The van der Waals surface area contributed by atoms with Crippen LogP contribution in [-0.4, -0.2) is 29.5 Å². The van der Waals surface area contributed by atoms with Crippen molar-refractivity contribution in [3.05, 3.63) is 29.8 Å². The van der Waals surface area contributed by atoms with Crippen LogP contribution in [0.4, 0.5) is 0 Å². The van der Waals surface area contributed by atoms with Crippen LogP contribution in [0.2, 0.25) is 0 Å². The maximum atomic E-state index is 9.48. The summed E-state index contributed by atoms with van der Waals surface area (Å²) in [5.74, 6) is 1.15. The Labute approximate surface area is 103 Å². The van der Waals surface area contributed by atoms with E-state index in [-0.39, 0.29) is 12.5 Å². The second-order valence-electron chi connectivity index (χ2n) is 4.18. The Bertz CT molecular complexity index is 308. The second kappa shape index (κ2) is 7.30. The van der Waals surface area contributed by atoms with Crippen molar-refractivity contribution in [2.24, 2.45) is 0 Å². The SMILES string of the molecule is CCOc1ccc(C(CC)CC(O)CO)cc1.